The van der Waals surface area contributed by atoms with Crippen molar-refractivity contribution in [3.63, 3.8) is 0 Å². The van der Waals surface area contributed by atoms with E-state index in [2.05, 4.69) is 30.8 Å². The summed E-state index contributed by atoms with van der Waals surface area (Å²) in [5.41, 5.74) is 0.675. The van der Waals surface area contributed by atoms with Gasteiger partial charge in [-0.3, -0.25) is 0 Å². The Morgan fingerprint density at radius 1 is 1.22 bits per heavy atom. The molecule has 3 aliphatic rings. The first-order valence-electron chi connectivity index (χ1n) is 6.43. The van der Waals surface area contributed by atoms with Crippen LogP contribution < -0.4 is 5.32 Å². The van der Waals surface area contributed by atoms with E-state index in [9.17, 15) is 0 Å². The van der Waals surface area contributed by atoms with Gasteiger partial charge in [-0.15, -0.1) is 14.8 Å². The minimum Gasteiger partial charge on any atom is -0.364 e. The highest BCUT2D eigenvalue weighted by Crippen LogP contribution is 2.29. The van der Waals surface area contributed by atoms with Gasteiger partial charge in [-0.1, -0.05) is 0 Å². The fourth-order valence-electron chi connectivity index (χ4n) is 3.05. The summed E-state index contributed by atoms with van der Waals surface area (Å²) in [5.74, 6) is 1.63. The largest absolute Gasteiger partial charge is 0.364 e. The standard InChI is InChI=1S/C11H15N7/c1-2-11-13-15-16-18(11)14-10(1)12-9-7-17-5-3-8(9)4-6-17/h1-2,8-9H,3-7H2,(H,12,14). The van der Waals surface area contributed by atoms with Crippen LogP contribution in [0.25, 0.3) is 5.65 Å². The number of aromatic nitrogens is 5. The van der Waals surface area contributed by atoms with E-state index in [0.717, 1.165) is 18.3 Å². The molecule has 0 aromatic carbocycles. The van der Waals surface area contributed by atoms with E-state index in [0.29, 0.717) is 11.7 Å². The number of fused-ring (bicyclic) bond motifs is 4. The number of tetrazole rings is 1. The zero-order valence-corrected chi connectivity index (χ0v) is 10.0. The predicted octanol–water partition coefficient (Wildman–Crippen LogP) is 0.0254. The highest BCUT2D eigenvalue weighted by Gasteiger charge is 2.34. The van der Waals surface area contributed by atoms with Crippen molar-refractivity contribution in [3.05, 3.63) is 12.1 Å². The van der Waals surface area contributed by atoms with Crippen molar-refractivity contribution in [1.82, 2.24) is 30.2 Å². The van der Waals surface area contributed by atoms with Gasteiger partial charge in [-0.2, -0.15) is 0 Å². The number of piperidine rings is 3. The SMILES string of the molecule is c1cc2nnnn2nc1NC1CN2CCC1CC2. The molecule has 2 aromatic rings. The van der Waals surface area contributed by atoms with Crippen molar-refractivity contribution in [2.75, 3.05) is 25.0 Å². The number of nitrogens with zero attached hydrogens (tertiary/aromatic N) is 6. The Morgan fingerprint density at radius 3 is 2.89 bits per heavy atom. The molecule has 5 rings (SSSR count). The Kier molecular flexibility index (Phi) is 2.19. The summed E-state index contributed by atoms with van der Waals surface area (Å²) in [4.78, 5) is 2.52. The summed E-state index contributed by atoms with van der Waals surface area (Å²) in [6.07, 6.45) is 2.59. The summed E-state index contributed by atoms with van der Waals surface area (Å²) in [5, 5.41) is 19.1. The van der Waals surface area contributed by atoms with Gasteiger partial charge in [0.15, 0.2) is 5.65 Å². The molecular formula is C11H15N7. The molecule has 94 valence electrons. The summed E-state index contributed by atoms with van der Waals surface area (Å²) >= 11 is 0. The minimum absolute atomic E-state index is 0.508. The molecule has 7 heteroatoms. The average molecular weight is 245 g/mol. The van der Waals surface area contributed by atoms with Crippen LogP contribution in [-0.2, 0) is 0 Å². The predicted molar refractivity (Wildman–Crippen MR) is 65.2 cm³/mol. The Bertz CT molecular complexity index is 557. The van der Waals surface area contributed by atoms with Gasteiger partial charge >= 0.3 is 0 Å². The van der Waals surface area contributed by atoms with Crippen LogP contribution in [0.1, 0.15) is 12.8 Å². The second-order valence-electron chi connectivity index (χ2n) is 5.13. The first-order valence-corrected chi connectivity index (χ1v) is 6.43. The average Bonchev–Trinajstić information content (AvgIpc) is 2.87. The van der Waals surface area contributed by atoms with Gasteiger partial charge in [0.2, 0.25) is 0 Å². The molecule has 5 heterocycles. The van der Waals surface area contributed by atoms with E-state index < -0.39 is 0 Å². The second-order valence-corrected chi connectivity index (χ2v) is 5.13. The first-order chi connectivity index (χ1) is 8.88. The van der Waals surface area contributed by atoms with Crippen LogP contribution in [0.3, 0.4) is 0 Å². The lowest BCUT2D eigenvalue weighted by molar-refractivity contribution is 0.0973. The number of nitrogens with one attached hydrogen (secondary N) is 1. The Morgan fingerprint density at radius 2 is 2.11 bits per heavy atom. The number of rotatable bonds is 2. The van der Waals surface area contributed by atoms with Crippen LogP contribution >= 0.6 is 0 Å². The monoisotopic (exact) mass is 245 g/mol. The van der Waals surface area contributed by atoms with Crippen LogP contribution in [0.15, 0.2) is 12.1 Å². The molecule has 0 spiro atoms. The third-order valence-electron chi connectivity index (χ3n) is 4.06. The van der Waals surface area contributed by atoms with Crippen molar-refractivity contribution >= 4 is 11.5 Å². The molecular weight excluding hydrogens is 230 g/mol. The molecule has 1 N–H and O–H groups in total. The Balaban J connectivity index is 1.56. The lowest BCUT2D eigenvalue weighted by Crippen LogP contribution is -2.53. The Hall–Kier alpha value is -1.76. The summed E-state index contributed by atoms with van der Waals surface area (Å²) < 4.78 is 1.46. The third kappa shape index (κ3) is 1.62. The highest BCUT2D eigenvalue weighted by molar-refractivity contribution is 5.43. The molecule has 0 aliphatic carbocycles. The summed E-state index contributed by atoms with van der Waals surface area (Å²) in [6, 6.07) is 4.34. The number of hydrogen-bond acceptors (Lipinski definition) is 6. The smallest absolute Gasteiger partial charge is 0.200 e. The molecule has 1 unspecified atom stereocenters. The number of hydrogen-bond donors (Lipinski definition) is 1. The van der Waals surface area contributed by atoms with E-state index in [-0.39, 0.29) is 0 Å². The second kappa shape index (κ2) is 3.88. The van der Waals surface area contributed by atoms with E-state index in [1.807, 2.05) is 12.1 Å². The maximum Gasteiger partial charge on any atom is 0.200 e. The first kappa shape index (κ1) is 10.2. The molecule has 3 aliphatic heterocycles. The van der Waals surface area contributed by atoms with E-state index in [1.165, 1.54) is 30.6 Å². The molecule has 2 aromatic heterocycles. The van der Waals surface area contributed by atoms with Gasteiger partial charge in [0.05, 0.1) is 0 Å². The molecule has 3 saturated heterocycles. The van der Waals surface area contributed by atoms with Crippen molar-refractivity contribution in [2.45, 2.75) is 18.9 Å². The fourth-order valence-corrected chi connectivity index (χ4v) is 3.05. The highest BCUT2D eigenvalue weighted by atomic mass is 15.6. The van der Waals surface area contributed by atoms with Crippen LogP contribution in [0.2, 0.25) is 0 Å². The summed E-state index contributed by atoms with van der Waals surface area (Å²) in [7, 11) is 0. The van der Waals surface area contributed by atoms with E-state index in [4.69, 9.17) is 0 Å². The van der Waals surface area contributed by atoms with E-state index >= 15 is 0 Å². The number of anilines is 1. The van der Waals surface area contributed by atoms with Gasteiger partial charge < -0.3 is 10.2 Å². The zero-order valence-electron chi connectivity index (χ0n) is 10.0. The molecule has 2 bridgehead atoms. The van der Waals surface area contributed by atoms with Crippen molar-refractivity contribution in [2.24, 2.45) is 5.92 Å². The lowest BCUT2D eigenvalue weighted by atomic mass is 9.84. The zero-order chi connectivity index (χ0) is 11.9. The van der Waals surface area contributed by atoms with Crippen LogP contribution in [0.5, 0.6) is 0 Å². The lowest BCUT2D eigenvalue weighted by Gasteiger charge is -2.45. The van der Waals surface area contributed by atoms with E-state index in [1.54, 1.807) is 0 Å². The van der Waals surface area contributed by atoms with Crippen LogP contribution in [0, 0.1) is 5.92 Å². The van der Waals surface area contributed by atoms with Gasteiger partial charge in [-0.25, -0.2) is 0 Å². The maximum absolute atomic E-state index is 4.36. The molecule has 3 fully saturated rings. The quantitative estimate of drug-likeness (QED) is 0.804. The summed E-state index contributed by atoms with van der Waals surface area (Å²) in [6.45, 7) is 3.63. The van der Waals surface area contributed by atoms with Crippen LogP contribution in [-0.4, -0.2) is 55.8 Å². The van der Waals surface area contributed by atoms with Crippen molar-refractivity contribution in [1.29, 1.82) is 0 Å². The van der Waals surface area contributed by atoms with Gasteiger partial charge in [0.1, 0.15) is 5.82 Å². The van der Waals surface area contributed by atoms with Crippen molar-refractivity contribution in [3.8, 4) is 0 Å². The molecule has 1 atom stereocenters. The molecule has 0 radical (unpaired) electrons. The van der Waals surface area contributed by atoms with Gasteiger partial charge in [0, 0.05) is 12.6 Å². The molecule has 0 amide bonds. The van der Waals surface area contributed by atoms with Gasteiger partial charge in [0.25, 0.3) is 0 Å². The topological polar surface area (TPSA) is 71.2 Å². The molecule has 7 nitrogen and oxygen atoms in total. The van der Waals surface area contributed by atoms with Crippen LogP contribution in [0.4, 0.5) is 5.82 Å². The third-order valence-corrected chi connectivity index (χ3v) is 4.06. The maximum atomic E-state index is 4.36. The normalized spacial score (nSPS) is 30.8. The van der Waals surface area contributed by atoms with Crippen molar-refractivity contribution < 1.29 is 0 Å². The molecule has 0 saturated carbocycles. The van der Waals surface area contributed by atoms with Gasteiger partial charge in [-0.05, 0) is 54.4 Å². The Labute approximate surface area is 104 Å². The molecule has 18 heavy (non-hydrogen) atoms. The minimum atomic E-state index is 0.508. The fraction of sp³-hybridized carbons (Fsp3) is 0.636.